The van der Waals surface area contributed by atoms with Crippen LogP contribution in [0.1, 0.15) is 21.7 Å². The van der Waals surface area contributed by atoms with Gasteiger partial charge >= 0.3 is 17.8 Å². The SMILES string of the molecule is COc1cc(/C=N/NC(=O)C(=O)NCc2ccco2)ccc1OC(=O)c1ccc(F)cc1. The molecule has 0 bridgehead atoms. The summed E-state index contributed by atoms with van der Waals surface area (Å²) in [6, 6.07) is 12.8. The second-order valence-corrected chi connectivity index (χ2v) is 6.27. The zero-order valence-corrected chi connectivity index (χ0v) is 16.8. The van der Waals surface area contributed by atoms with Crippen molar-refractivity contribution in [2.24, 2.45) is 5.10 Å². The molecular formula is C22H18FN3O6. The third kappa shape index (κ3) is 6.02. The van der Waals surface area contributed by atoms with Crippen molar-refractivity contribution < 1.29 is 32.7 Å². The van der Waals surface area contributed by atoms with Crippen LogP contribution in [0.4, 0.5) is 4.39 Å². The summed E-state index contributed by atoms with van der Waals surface area (Å²) in [4.78, 5) is 35.7. The van der Waals surface area contributed by atoms with Gasteiger partial charge in [-0.2, -0.15) is 5.10 Å². The summed E-state index contributed by atoms with van der Waals surface area (Å²) >= 11 is 0. The van der Waals surface area contributed by atoms with Gasteiger partial charge in [-0.1, -0.05) is 0 Å². The van der Waals surface area contributed by atoms with Crippen LogP contribution in [0.15, 0.2) is 70.4 Å². The minimum Gasteiger partial charge on any atom is -0.493 e. The molecule has 2 N–H and O–H groups in total. The first-order valence-electron chi connectivity index (χ1n) is 9.25. The number of nitrogens with one attached hydrogen (secondary N) is 2. The summed E-state index contributed by atoms with van der Waals surface area (Å²) in [7, 11) is 1.39. The topological polar surface area (TPSA) is 119 Å². The number of hydrogen-bond donors (Lipinski definition) is 2. The molecular weight excluding hydrogens is 421 g/mol. The molecule has 32 heavy (non-hydrogen) atoms. The Morgan fingerprint density at radius 2 is 1.84 bits per heavy atom. The number of hydrazone groups is 1. The molecule has 1 aromatic heterocycles. The molecule has 0 atom stereocenters. The van der Waals surface area contributed by atoms with Gasteiger partial charge in [0.25, 0.3) is 0 Å². The fourth-order valence-corrected chi connectivity index (χ4v) is 2.47. The first-order valence-corrected chi connectivity index (χ1v) is 9.25. The van der Waals surface area contributed by atoms with Crippen LogP contribution in [0.25, 0.3) is 0 Å². The van der Waals surface area contributed by atoms with Crippen molar-refractivity contribution in [2.75, 3.05) is 7.11 Å². The van der Waals surface area contributed by atoms with E-state index in [0.29, 0.717) is 11.3 Å². The first kappa shape index (κ1) is 22.2. The highest BCUT2D eigenvalue weighted by Gasteiger charge is 2.14. The number of amides is 2. The van der Waals surface area contributed by atoms with Crippen LogP contribution < -0.4 is 20.2 Å². The van der Waals surface area contributed by atoms with Gasteiger partial charge in [-0.3, -0.25) is 9.59 Å². The largest absolute Gasteiger partial charge is 0.493 e. The molecule has 3 rings (SSSR count). The molecule has 0 saturated carbocycles. The summed E-state index contributed by atoms with van der Waals surface area (Å²) in [6.07, 6.45) is 2.74. The maximum Gasteiger partial charge on any atom is 0.343 e. The van der Waals surface area contributed by atoms with E-state index in [4.69, 9.17) is 13.9 Å². The van der Waals surface area contributed by atoms with Crippen LogP contribution in [0, 0.1) is 5.82 Å². The monoisotopic (exact) mass is 439 g/mol. The fourth-order valence-electron chi connectivity index (χ4n) is 2.47. The molecule has 0 spiro atoms. The number of esters is 1. The third-order valence-corrected chi connectivity index (χ3v) is 4.06. The maximum absolute atomic E-state index is 13.0. The quantitative estimate of drug-likeness (QED) is 0.192. The average Bonchev–Trinajstić information content (AvgIpc) is 3.32. The molecule has 3 aromatic rings. The van der Waals surface area contributed by atoms with Crippen molar-refractivity contribution in [3.63, 3.8) is 0 Å². The Balaban J connectivity index is 1.56. The number of rotatable bonds is 7. The molecule has 0 unspecified atom stereocenters. The molecule has 2 aromatic carbocycles. The molecule has 1 heterocycles. The zero-order chi connectivity index (χ0) is 22.9. The van der Waals surface area contributed by atoms with Crippen LogP contribution in [0.3, 0.4) is 0 Å². The van der Waals surface area contributed by atoms with E-state index in [2.05, 4.69) is 15.8 Å². The minimum atomic E-state index is -0.954. The Hall–Kier alpha value is -4.47. The van der Waals surface area contributed by atoms with Crippen molar-refractivity contribution in [2.45, 2.75) is 6.54 Å². The summed E-state index contributed by atoms with van der Waals surface area (Å²) < 4.78 is 28.6. The van der Waals surface area contributed by atoms with E-state index >= 15 is 0 Å². The van der Waals surface area contributed by atoms with Crippen LogP contribution in [-0.2, 0) is 16.1 Å². The molecule has 0 saturated heterocycles. The van der Waals surface area contributed by atoms with Crippen molar-refractivity contribution in [1.29, 1.82) is 0 Å². The van der Waals surface area contributed by atoms with Crippen molar-refractivity contribution >= 4 is 24.0 Å². The highest BCUT2D eigenvalue weighted by Crippen LogP contribution is 2.28. The lowest BCUT2D eigenvalue weighted by atomic mass is 10.2. The van der Waals surface area contributed by atoms with E-state index in [-0.39, 0.29) is 23.6 Å². The van der Waals surface area contributed by atoms with E-state index < -0.39 is 23.6 Å². The van der Waals surface area contributed by atoms with Gasteiger partial charge in [-0.25, -0.2) is 14.6 Å². The molecule has 0 radical (unpaired) electrons. The average molecular weight is 439 g/mol. The van der Waals surface area contributed by atoms with Gasteiger partial charge in [0.2, 0.25) is 0 Å². The Morgan fingerprint density at radius 1 is 1.06 bits per heavy atom. The van der Waals surface area contributed by atoms with Crippen LogP contribution >= 0.6 is 0 Å². The molecule has 0 aliphatic heterocycles. The number of hydrogen-bond acceptors (Lipinski definition) is 7. The number of halogens is 1. The Bertz CT molecular complexity index is 1130. The lowest BCUT2D eigenvalue weighted by Crippen LogP contribution is -2.37. The molecule has 164 valence electrons. The second-order valence-electron chi connectivity index (χ2n) is 6.27. The van der Waals surface area contributed by atoms with Gasteiger partial charge in [0, 0.05) is 0 Å². The Kier molecular flexibility index (Phi) is 7.31. The number of carbonyl (C=O) groups is 3. The number of furan rings is 1. The number of ether oxygens (including phenoxy) is 2. The van der Waals surface area contributed by atoms with Crippen molar-refractivity contribution in [1.82, 2.24) is 10.7 Å². The minimum absolute atomic E-state index is 0.0677. The predicted octanol–water partition coefficient (Wildman–Crippen LogP) is 2.41. The highest BCUT2D eigenvalue weighted by molar-refractivity contribution is 6.35. The van der Waals surface area contributed by atoms with Crippen molar-refractivity contribution in [3.05, 3.63) is 83.6 Å². The number of carbonyl (C=O) groups excluding carboxylic acids is 3. The molecule has 2 amide bonds. The van der Waals surface area contributed by atoms with Gasteiger partial charge < -0.3 is 19.2 Å². The van der Waals surface area contributed by atoms with Gasteiger partial charge in [-0.05, 0) is 60.2 Å². The lowest BCUT2D eigenvalue weighted by Gasteiger charge is -2.10. The fraction of sp³-hybridized carbons (Fsp3) is 0.0909. The summed E-state index contributed by atoms with van der Waals surface area (Å²) in [6.45, 7) is 0.0677. The predicted molar refractivity (Wildman–Crippen MR) is 111 cm³/mol. The highest BCUT2D eigenvalue weighted by atomic mass is 19.1. The van der Waals surface area contributed by atoms with E-state index in [9.17, 15) is 18.8 Å². The van der Waals surface area contributed by atoms with E-state index in [0.717, 1.165) is 12.1 Å². The molecule has 0 fully saturated rings. The maximum atomic E-state index is 13.0. The molecule has 10 heteroatoms. The molecule has 0 aliphatic rings. The van der Waals surface area contributed by atoms with Crippen molar-refractivity contribution in [3.8, 4) is 11.5 Å². The van der Waals surface area contributed by atoms with E-state index in [1.165, 1.54) is 43.9 Å². The standard InChI is InChI=1S/C22H18FN3O6/c1-30-19-11-14(4-9-18(19)32-22(29)15-5-7-16(23)8-6-15)12-25-26-21(28)20(27)24-13-17-3-2-10-31-17/h2-12H,13H2,1H3,(H,24,27)(H,26,28)/b25-12+. The summed E-state index contributed by atoms with van der Waals surface area (Å²) in [5, 5.41) is 6.11. The number of nitrogens with zero attached hydrogens (tertiary/aromatic N) is 1. The number of benzene rings is 2. The van der Waals surface area contributed by atoms with E-state index in [1.54, 1.807) is 18.2 Å². The lowest BCUT2D eigenvalue weighted by molar-refractivity contribution is -0.139. The number of methoxy groups -OCH3 is 1. The second kappa shape index (κ2) is 10.5. The molecule has 9 nitrogen and oxygen atoms in total. The normalized spacial score (nSPS) is 10.6. The van der Waals surface area contributed by atoms with Gasteiger partial charge in [0.05, 0.1) is 31.7 Å². The van der Waals surface area contributed by atoms with E-state index in [1.807, 2.05) is 0 Å². The van der Waals surface area contributed by atoms with Gasteiger partial charge in [0.1, 0.15) is 11.6 Å². The smallest absolute Gasteiger partial charge is 0.343 e. The third-order valence-electron chi connectivity index (χ3n) is 4.06. The van der Waals surface area contributed by atoms with Gasteiger partial charge in [-0.15, -0.1) is 0 Å². The summed E-state index contributed by atoms with van der Waals surface area (Å²) in [5.74, 6) is -2.11. The zero-order valence-electron chi connectivity index (χ0n) is 16.8. The van der Waals surface area contributed by atoms with Crippen LogP contribution in [-0.4, -0.2) is 31.1 Å². The molecule has 0 aliphatic carbocycles. The Labute approximate surface area is 181 Å². The Morgan fingerprint density at radius 3 is 2.53 bits per heavy atom. The van der Waals surface area contributed by atoms with Crippen LogP contribution in [0.2, 0.25) is 0 Å². The van der Waals surface area contributed by atoms with Gasteiger partial charge in [0.15, 0.2) is 11.5 Å². The first-order chi connectivity index (χ1) is 15.5. The van der Waals surface area contributed by atoms with Crippen LogP contribution in [0.5, 0.6) is 11.5 Å². The summed E-state index contributed by atoms with van der Waals surface area (Å²) in [5.41, 5.74) is 2.78.